The zero-order valence-corrected chi connectivity index (χ0v) is 14.4. The number of ether oxygens (including phenoxy) is 1. The Labute approximate surface area is 143 Å². The Hall–Kier alpha value is -2.30. The van der Waals surface area contributed by atoms with Crippen molar-refractivity contribution in [3.8, 4) is 5.75 Å². The summed E-state index contributed by atoms with van der Waals surface area (Å²) in [6.07, 6.45) is 6.38. The molecule has 2 heterocycles. The van der Waals surface area contributed by atoms with Gasteiger partial charge in [-0.05, 0) is 43.0 Å². The number of nitrogens with one attached hydrogen (secondary N) is 1. The van der Waals surface area contributed by atoms with Crippen LogP contribution in [0.25, 0.3) is 0 Å². The molecule has 1 aromatic carbocycles. The molecule has 0 unspecified atom stereocenters. The number of benzene rings is 1. The summed E-state index contributed by atoms with van der Waals surface area (Å²) in [5, 5.41) is 3.08. The summed E-state index contributed by atoms with van der Waals surface area (Å²) in [6.45, 7) is 6.30. The van der Waals surface area contributed by atoms with E-state index in [1.165, 1.54) is 0 Å². The number of carbonyl (C=O) groups excluding carboxylic acids is 1. The van der Waals surface area contributed by atoms with E-state index in [1.807, 2.05) is 24.4 Å². The summed E-state index contributed by atoms with van der Waals surface area (Å²) < 4.78 is 7.77. The van der Waals surface area contributed by atoms with Crippen molar-refractivity contribution in [1.29, 1.82) is 0 Å². The third kappa shape index (κ3) is 3.78. The highest BCUT2D eigenvalue weighted by Gasteiger charge is 2.25. The summed E-state index contributed by atoms with van der Waals surface area (Å²) in [5.41, 5.74) is 2.27. The fourth-order valence-corrected chi connectivity index (χ4v) is 3.08. The molecule has 24 heavy (non-hydrogen) atoms. The average molecular weight is 327 g/mol. The first kappa shape index (κ1) is 16.6. The predicted molar refractivity (Wildman–Crippen MR) is 92.8 cm³/mol. The van der Waals surface area contributed by atoms with Gasteiger partial charge in [0.25, 0.3) is 0 Å². The number of nitrogens with zero attached hydrogens (tertiary/aromatic N) is 2. The lowest BCUT2D eigenvalue weighted by molar-refractivity contribution is -0.125. The van der Waals surface area contributed by atoms with E-state index in [9.17, 15) is 4.79 Å². The van der Waals surface area contributed by atoms with Gasteiger partial charge in [-0.15, -0.1) is 0 Å². The van der Waals surface area contributed by atoms with Gasteiger partial charge in [-0.2, -0.15) is 0 Å². The second-order valence-electron chi connectivity index (χ2n) is 6.38. The molecule has 1 atom stereocenters. The molecule has 3 rings (SSSR count). The molecule has 0 bridgehead atoms. The number of hydrogen-bond acceptors (Lipinski definition) is 3. The molecule has 0 saturated heterocycles. The van der Waals surface area contributed by atoms with E-state index in [-0.39, 0.29) is 11.8 Å². The first-order valence-corrected chi connectivity index (χ1v) is 8.67. The summed E-state index contributed by atoms with van der Waals surface area (Å²) in [4.78, 5) is 16.8. The molecule has 1 aliphatic heterocycles. The molecule has 1 amide bonds. The number of carbonyl (C=O) groups is 1. The van der Waals surface area contributed by atoms with Crippen molar-refractivity contribution >= 4 is 5.91 Å². The molecule has 1 aliphatic rings. The molecule has 1 N–H and O–H groups in total. The zero-order chi connectivity index (χ0) is 16.9. The van der Waals surface area contributed by atoms with Crippen LogP contribution >= 0.6 is 0 Å². The van der Waals surface area contributed by atoms with Gasteiger partial charge in [-0.3, -0.25) is 4.79 Å². The smallest absolute Gasteiger partial charge is 0.223 e. The monoisotopic (exact) mass is 327 g/mol. The van der Waals surface area contributed by atoms with Gasteiger partial charge in [0, 0.05) is 37.8 Å². The van der Waals surface area contributed by atoms with Crippen LogP contribution < -0.4 is 10.1 Å². The average Bonchev–Trinajstić information content (AvgIpc) is 3.06. The number of rotatable bonds is 6. The number of aryl methyl sites for hydroxylation is 2. The van der Waals surface area contributed by atoms with Crippen LogP contribution in [0.15, 0.2) is 30.6 Å². The van der Waals surface area contributed by atoms with Crippen LogP contribution in [-0.2, 0) is 24.3 Å². The van der Waals surface area contributed by atoms with Crippen LogP contribution in [0, 0.1) is 12.8 Å². The summed E-state index contributed by atoms with van der Waals surface area (Å²) in [7, 11) is 0. The molecule has 2 aromatic rings. The Balaban J connectivity index is 1.55. The minimum Gasteiger partial charge on any atom is -0.494 e. The van der Waals surface area contributed by atoms with Crippen molar-refractivity contribution in [2.75, 3.05) is 6.61 Å². The van der Waals surface area contributed by atoms with E-state index in [4.69, 9.17) is 4.74 Å². The Morgan fingerprint density at radius 3 is 3.12 bits per heavy atom. The van der Waals surface area contributed by atoms with Gasteiger partial charge in [-0.1, -0.05) is 13.0 Å². The molecule has 0 fully saturated rings. The molecule has 0 saturated carbocycles. The predicted octanol–water partition coefficient (Wildman–Crippen LogP) is 2.86. The SMILES string of the molecule is CCCOc1ccc(CNC(=O)[C@H]2CCn3ccnc3C2)c(C)c1. The van der Waals surface area contributed by atoms with Crippen molar-refractivity contribution in [2.24, 2.45) is 5.92 Å². The molecule has 5 heteroatoms. The van der Waals surface area contributed by atoms with Gasteiger partial charge in [0.2, 0.25) is 5.91 Å². The van der Waals surface area contributed by atoms with Gasteiger partial charge in [0.1, 0.15) is 11.6 Å². The zero-order valence-electron chi connectivity index (χ0n) is 14.4. The lowest BCUT2D eigenvalue weighted by atomic mass is 9.96. The van der Waals surface area contributed by atoms with Crippen molar-refractivity contribution < 1.29 is 9.53 Å². The van der Waals surface area contributed by atoms with E-state index in [0.717, 1.165) is 55.1 Å². The normalized spacial score (nSPS) is 16.5. The van der Waals surface area contributed by atoms with E-state index >= 15 is 0 Å². The van der Waals surface area contributed by atoms with Gasteiger partial charge >= 0.3 is 0 Å². The van der Waals surface area contributed by atoms with Gasteiger partial charge in [0.15, 0.2) is 0 Å². The summed E-state index contributed by atoms with van der Waals surface area (Å²) in [6, 6.07) is 6.05. The van der Waals surface area contributed by atoms with Crippen molar-refractivity contribution in [1.82, 2.24) is 14.9 Å². The lowest BCUT2D eigenvalue weighted by Crippen LogP contribution is -2.35. The summed E-state index contributed by atoms with van der Waals surface area (Å²) >= 11 is 0. The van der Waals surface area contributed by atoms with Crippen LogP contribution in [0.5, 0.6) is 5.75 Å². The van der Waals surface area contributed by atoms with E-state index in [0.29, 0.717) is 6.54 Å². The minimum atomic E-state index is 0.0207. The third-order valence-electron chi connectivity index (χ3n) is 4.56. The minimum absolute atomic E-state index is 0.0207. The summed E-state index contributed by atoms with van der Waals surface area (Å²) in [5.74, 6) is 2.04. The van der Waals surface area contributed by atoms with Crippen molar-refractivity contribution in [3.05, 3.63) is 47.5 Å². The van der Waals surface area contributed by atoms with Crippen LogP contribution in [-0.4, -0.2) is 22.1 Å². The number of amides is 1. The fourth-order valence-electron chi connectivity index (χ4n) is 3.08. The van der Waals surface area contributed by atoms with Crippen molar-refractivity contribution in [2.45, 2.75) is 46.2 Å². The molecule has 128 valence electrons. The standard InChI is InChI=1S/C19H25N3O2/c1-3-10-24-17-5-4-16(14(2)11-17)13-21-19(23)15-6-8-22-9-7-20-18(22)12-15/h4-5,7,9,11,15H,3,6,8,10,12-13H2,1-2H3,(H,21,23)/t15-/m0/s1. The molecule has 5 nitrogen and oxygen atoms in total. The Bertz CT molecular complexity index is 708. The first-order chi connectivity index (χ1) is 11.7. The van der Waals surface area contributed by atoms with Crippen LogP contribution in [0.4, 0.5) is 0 Å². The second-order valence-corrected chi connectivity index (χ2v) is 6.38. The van der Waals surface area contributed by atoms with Gasteiger partial charge in [0.05, 0.1) is 6.61 Å². The highest BCUT2D eigenvalue weighted by atomic mass is 16.5. The lowest BCUT2D eigenvalue weighted by Gasteiger charge is -2.22. The van der Waals surface area contributed by atoms with Crippen LogP contribution in [0.3, 0.4) is 0 Å². The Morgan fingerprint density at radius 1 is 1.46 bits per heavy atom. The largest absolute Gasteiger partial charge is 0.494 e. The second kappa shape index (κ2) is 7.51. The molecular weight excluding hydrogens is 302 g/mol. The quantitative estimate of drug-likeness (QED) is 0.887. The molecule has 1 aromatic heterocycles. The maximum Gasteiger partial charge on any atom is 0.223 e. The van der Waals surface area contributed by atoms with Gasteiger partial charge in [-0.25, -0.2) is 4.98 Å². The highest BCUT2D eigenvalue weighted by molar-refractivity contribution is 5.79. The number of fused-ring (bicyclic) bond motifs is 1. The van der Waals surface area contributed by atoms with E-state index in [1.54, 1.807) is 6.20 Å². The maximum atomic E-state index is 12.4. The third-order valence-corrected chi connectivity index (χ3v) is 4.56. The molecule has 0 aliphatic carbocycles. The molecule has 0 spiro atoms. The van der Waals surface area contributed by atoms with Crippen LogP contribution in [0.1, 0.15) is 36.7 Å². The highest BCUT2D eigenvalue weighted by Crippen LogP contribution is 2.20. The number of imidazole rings is 1. The van der Waals surface area contributed by atoms with Gasteiger partial charge < -0.3 is 14.6 Å². The van der Waals surface area contributed by atoms with Crippen LogP contribution in [0.2, 0.25) is 0 Å². The Kier molecular flexibility index (Phi) is 5.18. The first-order valence-electron chi connectivity index (χ1n) is 8.67. The molecular formula is C19H25N3O2. The number of hydrogen-bond donors (Lipinski definition) is 1. The molecule has 0 radical (unpaired) electrons. The van der Waals surface area contributed by atoms with E-state index < -0.39 is 0 Å². The Morgan fingerprint density at radius 2 is 2.33 bits per heavy atom. The fraction of sp³-hybridized carbons (Fsp3) is 0.474. The van der Waals surface area contributed by atoms with E-state index in [2.05, 4.69) is 28.7 Å². The van der Waals surface area contributed by atoms with Crippen molar-refractivity contribution in [3.63, 3.8) is 0 Å². The number of aromatic nitrogens is 2. The maximum absolute atomic E-state index is 12.4. The topological polar surface area (TPSA) is 56.1 Å².